The molecule has 2 heterocycles. The van der Waals surface area contributed by atoms with Gasteiger partial charge in [-0.2, -0.15) is 9.40 Å². The number of benzene rings is 1. The summed E-state index contributed by atoms with van der Waals surface area (Å²) in [6, 6.07) is 7.54. The number of rotatable bonds is 9. The van der Waals surface area contributed by atoms with E-state index >= 15 is 0 Å². The van der Waals surface area contributed by atoms with Gasteiger partial charge in [0, 0.05) is 25.7 Å². The summed E-state index contributed by atoms with van der Waals surface area (Å²) in [4.78, 5) is 12.7. The maximum absolute atomic E-state index is 13.1. The Morgan fingerprint density at radius 1 is 1.09 bits per heavy atom. The van der Waals surface area contributed by atoms with Crippen LogP contribution in [0, 0.1) is 18.8 Å². The largest absolute Gasteiger partial charge is 0.401 e. The highest BCUT2D eigenvalue weighted by atomic mass is 32.2. The number of nitrogens with one attached hydrogen (secondary N) is 1. The SMILES string of the molecule is Cc1cc(-c2nnc(NC(=O)c3ccc(S(=O)(=O)N(CC(C)C)CC(C)C)cc3)o2)n(C)n1. The predicted molar refractivity (Wildman–Crippen MR) is 124 cm³/mol. The minimum atomic E-state index is -3.67. The van der Waals surface area contributed by atoms with Crippen LogP contribution in [0.3, 0.4) is 0 Å². The summed E-state index contributed by atoms with van der Waals surface area (Å²) in [5.41, 5.74) is 1.69. The van der Waals surface area contributed by atoms with Gasteiger partial charge in [0.15, 0.2) is 0 Å². The van der Waals surface area contributed by atoms with E-state index in [1.54, 1.807) is 17.8 Å². The van der Waals surface area contributed by atoms with Crippen LogP contribution >= 0.6 is 0 Å². The van der Waals surface area contributed by atoms with Crippen molar-refractivity contribution in [1.82, 2.24) is 24.3 Å². The molecule has 0 unspecified atom stereocenters. The zero-order chi connectivity index (χ0) is 24.3. The molecule has 33 heavy (non-hydrogen) atoms. The molecule has 1 N–H and O–H groups in total. The van der Waals surface area contributed by atoms with Crippen LogP contribution in [-0.2, 0) is 17.1 Å². The van der Waals surface area contributed by atoms with E-state index < -0.39 is 15.9 Å². The van der Waals surface area contributed by atoms with Gasteiger partial charge in [-0.25, -0.2) is 8.42 Å². The summed E-state index contributed by atoms with van der Waals surface area (Å²) in [6.07, 6.45) is 0. The van der Waals surface area contributed by atoms with Crippen molar-refractivity contribution in [2.45, 2.75) is 39.5 Å². The maximum Gasteiger partial charge on any atom is 0.322 e. The number of carbonyl (C=O) groups is 1. The topological polar surface area (TPSA) is 123 Å². The van der Waals surface area contributed by atoms with Gasteiger partial charge in [-0.1, -0.05) is 32.8 Å². The molecule has 0 saturated heterocycles. The zero-order valence-electron chi connectivity index (χ0n) is 19.7. The van der Waals surface area contributed by atoms with Gasteiger partial charge in [0.2, 0.25) is 10.0 Å². The molecule has 2 aromatic heterocycles. The first kappa shape index (κ1) is 24.6. The highest BCUT2D eigenvalue weighted by Crippen LogP contribution is 2.22. The smallest absolute Gasteiger partial charge is 0.322 e. The molecule has 10 nitrogen and oxygen atoms in total. The van der Waals surface area contributed by atoms with Crippen LogP contribution in [0.15, 0.2) is 39.6 Å². The number of aromatic nitrogens is 4. The molecular formula is C22H30N6O4S. The Bertz CT molecular complexity index is 1200. The molecule has 0 spiro atoms. The molecule has 178 valence electrons. The van der Waals surface area contributed by atoms with Gasteiger partial charge >= 0.3 is 6.01 Å². The minimum Gasteiger partial charge on any atom is -0.401 e. The molecule has 3 aromatic rings. The first-order chi connectivity index (χ1) is 15.5. The molecule has 11 heteroatoms. The second-order valence-corrected chi connectivity index (χ2v) is 10.7. The van der Waals surface area contributed by atoms with E-state index in [4.69, 9.17) is 4.42 Å². The van der Waals surface area contributed by atoms with E-state index in [1.165, 1.54) is 28.6 Å². The van der Waals surface area contributed by atoms with Crippen LogP contribution in [0.4, 0.5) is 6.01 Å². The average molecular weight is 475 g/mol. The highest BCUT2D eigenvalue weighted by molar-refractivity contribution is 7.89. The highest BCUT2D eigenvalue weighted by Gasteiger charge is 2.26. The van der Waals surface area contributed by atoms with E-state index in [9.17, 15) is 13.2 Å². The molecule has 1 aromatic carbocycles. The molecule has 0 bridgehead atoms. The predicted octanol–water partition coefficient (Wildman–Crippen LogP) is 3.33. The average Bonchev–Trinajstić information content (AvgIpc) is 3.32. The van der Waals surface area contributed by atoms with Crippen molar-refractivity contribution in [2.75, 3.05) is 18.4 Å². The molecule has 0 aliphatic heterocycles. The van der Waals surface area contributed by atoms with Crippen molar-refractivity contribution in [3.63, 3.8) is 0 Å². The lowest BCUT2D eigenvalue weighted by atomic mass is 10.2. The molecule has 3 rings (SSSR count). The van der Waals surface area contributed by atoms with Crippen molar-refractivity contribution in [3.8, 4) is 11.6 Å². The van der Waals surface area contributed by atoms with E-state index in [-0.39, 0.29) is 34.2 Å². The Balaban J connectivity index is 1.74. The fraction of sp³-hybridized carbons (Fsp3) is 0.455. The monoisotopic (exact) mass is 474 g/mol. The Labute approximate surface area is 194 Å². The van der Waals surface area contributed by atoms with Crippen LogP contribution in [0.25, 0.3) is 11.6 Å². The summed E-state index contributed by atoms with van der Waals surface area (Å²) in [7, 11) is -1.92. The van der Waals surface area contributed by atoms with E-state index in [0.29, 0.717) is 18.8 Å². The number of amides is 1. The first-order valence-corrected chi connectivity index (χ1v) is 12.2. The first-order valence-electron chi connectivity index (χ1n) is 10.7. The summed E-state index contributed by atoms with van der Waals surface area (Å²) >= 11 is 0. The second kappa shape index (κ2) is 9.84. The lowest BCUT2D eigenvalue weighted by Crippen LogP contribution is -2.37. The number of sulfonamides is 1. The number of hydrogen-bond acceptors (Lipinski definition) is 7. The fourth-order valence-electron chi connectivity index (χ4n) is 3.37. The van der Waals surface area contributed by atoms with Crippen LogP contribution in [0.2, 0.25) is 0 Å². The van der Waals surface area contributed by atoms with Crippen molar-refractivity contribution in [1.29, 1.82) is 0 Å². The molecule has 0 aliphatic carbocycles. The Hall–Kier alpha value is -3.05. The van der Waals surface area contributed by atoms with Crippen LogP contribution in [0.1, 0.15) is 43.7 Å². The van der Waals surface area contributed by atoms with Gasteiger partial charge in [-0.05, 0) is 49.1 Å². The summed E-state index contributed by atoms with van der Waals surface area (Å²) in [5, 5.41) is 14.6. The second-order valence-electron chi connectivity index (χ2n) is 8.80. The molecule has 0 aliphatic rings. The van der Waals surface area contributed by atoms with Crippen molar-refractivity contribution in [3.05, 3.63) is 41.6 Å². The molecule has 0 radical (unpaired) electrons. The molecule has 0 fully saturated rings. The van der Waals surface area contributed by atoms with Gasteiger partial charge < -0.3 is 4.42 Å². The van der Waals surface area contributed by atoms with Gasteiger partial charge in [0.25, 0.3) is 11.8 Å². The summed E-state index contributed by atoms with van der Waals surface area (Å²) in [6.45, 7) is 10.6. The van der Waals surface area contributed by atoms with Crippen molar-refractivity contribution < 1.29 is 17.6 Å². The lowest BCUT2D eigenvalue weighted by Gasteiger charge is -2.25. The normalized spacial score (nSPS) is 12.2. The number of carbonyl (C=O) groups excluding carboxylic acids is 1. The quantitative estimate of drug-likeness (QED) is 0.504. The molecule has 0 atom stereocenters. The summed E-state index contributed by atoms with van der Waals surface area (Å²) in [5.74, 6) is 0.123. The Kier molecular flexibility index (Phi) is 7.33. The van der Waals surface area contributed by atoms with E-state index in [0.717, 1.165) is 5.69 Å². The van der Waals surface area contributed by atoms with Gasteiger partial charge in [0.1, 0.15) is 5.69 Å². The van der Waals surface area contributed by atoms with Crippen LogP contribution in [-0.4, -0.2) is 51.7 Å². The standard InChI is InChI=1S/C22H30N6O4S/c1-14(2)12-28(13-15(3)4)33(30,31)18-9-7-17(8-10-18)20(29)23-22-25-24-21(32-22)19-11-16(5)26-27(19)6/h7-11,14-15H,12-13H2,1-6H3,(H,23,25,29). The van der Waals surface area contributed by atoms with Gasteiger partial charge in [-0.15, -0.1) is 5.10 Å². The van der Waals surface area contributed by atoms with Crippen molar-refractivity contribution >= 4 is 21.9 Å². The number of nitrogens with zero attached hydrogens (tertiary/aromatic N) is 5. The van der Waals surface area contributed by atoms with Crippen LogP contribution < -0.4 is 5.32 Å². The number of aryl methyl sites for hydroxylation is 2. The zero-order valence-corrected chi connectivity index (χ0v) is 20.5. The Morgan fingerprint density at radius 2 is 1.70 bits per heavy atom. The van der Waals surface area contributed by atoms with Gasteiger partial charge in [0.05, 0.1) is 10.6 Å². The summed E-state index contributed by atoms with van der Waals surface area (Å²) < 4.78 is 34.9. The Morgan fingerprint density at radius 3 is 2.21 bits per heavy atom. The molecule has 1 amide bonds. The van der Waals surface area contributed by atoms with E-state index in [2.05, 4.69) is 20.6 Å². The molecule has 0 saturated carbocycles. The third-order valence-electron chi connectivity index (χ3n) is 4.76. The van der Waals surface area contributed by atoms with Crippen LogP contribution in [0.5, 0.6) is 0 Å². The lowest BCUT2D eigenvalue weighted by molar-refractivity contribution is 0.102. The minimum absolute atomic E-state index is 0.0643. The fourth-order valence-corrected chi connectivity index (χ4v) is 5.14. The number of anilines is 1. The van der Waals surface area contributed by atoms with E-state index in [1.807, 2.05) is 34.6 Å². The number of hydrogen-bond donors (Lipinski definition) is 1. The van der Waals surface area contributed by atoms with Gasteiger partial charge in [-0.3, -0.25) is 14.8 Å². The third kappa shape index (κ3) is 5.85. The maximum atomic E-state index is 13.1. The molecular weight excluding hydrogens is 444 g/mol. The third-order valence-corrected chi connectivity index (χ3v) is 6.60. The van der Waals surface area contributed by atoms with Crippen molar-refractivity contribution in [2.24, 2.45) is 18.9 Å².